The maximum Gasteiger partial charge on any atom is 0.432 e. The zero-order valence-electron chi connectivity index (χ0n) is 20.8. The Hall–Kier alpha value is -3.16. The number of alkyl halides is 4. The molecule has 0 unspecified atom stereocenters. The maximum absolute atomic E-state index is 14.7. The molecule has 0 fully saturated rings. The number of unbranched alkanes of at least 4 members (excludes halogenated alkanes) is 3. The Balaban J connectivity index is 1.67. The summed E-state index contributed by atoms with van der Waals surface area (Å²) in [4.78, 5) is 0. The van der Waals surface area contributed by atoms with Crippen LogP contribution in [0.25, 0.3) is 0 Å². The van der Waals surface area contributed by atoms with Crippen LogP contribution in [-0.4, -0.2) is 0 Å². The second-order valence-corrected chi connectivity index (χ2v) is 8.90. The highest BCUT2D eigenvalue weighted by Gasteiger charge is 2.41. The molecule has 0 radical (unpaired) electrons. The van der Waals surface area contributed by atoms with Crippen molar-refractivity contribution in [2.45, 2.75) is 71.0 Å². The Labute approximate surface area is 213 Å². The summed E-state index contributed by atoms with van der Waals surface area (Å²) in [5.74, 6) is -3.49. The first-order valence-electron chi connectivity index (χ1n) is 12.4. The molecular weight excluding hydrogens is 494 g/mol. The molecule has 3 rings (SSSR count). The molecule has 0 saturated heterocycles. The Morgan fingerprint density at radius 2 is 1.14 bits per heavy atom. The number of benzene rings is 3. The summed E-state index contributed by atoms with van der Waals surface area (Å²) in [6, 6.07) is 11.5. The van der Waals surface area contributed by atoms with Crippen LogP contribution in [0.4, 0.5) is 26.3 Å². The second-order valence-electron chi connectivity index (χ2n) is 8.90. The quantitative estimate of drug-likeness (QED) is 0.164. The third-order valence-electron chi connectivity index (χ3n) is 5.86. The molecule has 0 N–H and O–H groups in total. The van der Waals surface area contributed by atoms with Crippen molar-refractivity contribution in [3.8, 4) is 11.5 Å². The van der Waals surface area contributed by atoms with Crippen LogP contribution in [0.5, 0.6) is 11.5 Å². The number of hydrogen-bond acceptors (Lipinski definition) is 2. The first kappa shape index (κ1) is 28.4. The minimum Gasteiger partial charge on any atom is -0.429 e. The SMILES string of the molecule is CCCCCCc1ccc(OC(F)(F)c2ccc(OC(F)(F)c3c(F)cc(CCC)cc3F)cc2)cc1. The molecule has 0 aromatic heterocycles. The van der Waals surface area contributed by atoms with Gasteiger partial charge in [0.1, 0.15) is 28.7 Å². The van der Waals surface area contributed by atoms with Gasteiger partial charge in [-0.1, -0.05) is 51.7 Å². The lowest BCUT2D eigenvalue weighted by Crippen LogP contribution is -2.25. The predicted molar refractivity (Wildman–Crippen MR) is 130 cm³/mol. The van der Waals surface area contributed by atoms with Gasteiger partial charge in [-0.25, -0.2) is 8.78 Å². The van der Waals surface area contributed by atoms with Gasteiger partial charge in [0.2, 0.25) is 0 Å². The van der Waals surface area contributed by atoms with Gasteiger partial charge in [0.15, 0.2) is 0 Å². The van der Waals surface area contributed by atoms with Crippen molar-refractivity contribution >= 4 is 0 Å². The Bertz CT molecular complexity index is 1120. The first-order chi connectivity index (χ1) is 17.6. The molecule has 0 bridgehead atoms. The molecule has 3 aromatic carbocycles. The summed E-state index contributed by atoms with van der Waals surface area (Å²) in [6.07, 6.45) is -1.98. The maximum atomic E-state index is 14.7. The smallest absolute Gasteiger partial charge is 0.429 e. The molecule has 0 saturated carbocycles. The molecule has 0 aliphatic rings. The summed E-state index contributed by atoms with van der Waals surface area (Å²) in [5, 5.41) is 0. The van der Waals surface area contributed by atoms with Gasteiger partial charge >= 0.3 is 12.2 Å². The fourth-order valence-corrected chi connectivity index (χ4v) is 3.94. The van der Waals surface area contributed by atoms with E-state index in [1.54, 1.807) is 19.1 Å². The number of ether oxygens (including phenoxy) is 2. The van der Waals surface area contributed by atoms with Crippen LogP contribution in [-0.2, 0) is 25.1 Å². The van der Waals surface area contributed by atoms with Crippen molar-refractivity contribution in [2.24, 2.45) is 0 Å². The third kappa shape index (κ3) is 7.66. The van der Waals surface area contributed by atoms with Gasteiger partial charge in [0.25, 0.3) is 0 Å². The van der Waals surface area contributed by atoms with Crippen molar-refractivity contribution in [2.75, 3.05) is 0 Å². The van der Waals surface area contributed by atoms with Crippen LogP contribution in [0.15, 0.2) is 60.7 Å². The van der Waals surface area contributed by atoms with Gasteiger partial charge in [-0.15, -0.1) is 0 Å². The highest BCUT2D eigenvalue weighted by atomic mass is 19.3. The molecule has 0 aliphatic heterocycles. The number of rotatable bonds is 13. The van der Waals surface area contributed by atoms with E-state index >= 15 is 0 Å². The second kappa shape index (κ2) is 12.4. The lowest BCUT2D eigenvalue weighted by molar-refractivity contribution is -0.190. The van der Waals surface area contributed by atoms with E-state index in [2.05, 4.69) is 11.7 Å². The molecule has 0 amide bonds. The van der Waals surface area contributed by atoms with Crippen LogP contribution >= 0.6 is 0 Å². The average Bonchev–Trinajstić information content (AvgIpc) is 2.82. The van der Waals surface area contributed by atoms with E-state index in [-0.39, 0.29) is 11.3 Å². The molecule has 0 spiro atoms. The topological polar surface area (TPSA) is 18.5 Å². The highest BCUT2D eigenvalue weighted by Crippen LogP contribution is 2.37. The lowest BCUT2D eigenvalue weighted by Gasteiger charge is -2.21. The minimum absolute atomic E-state index is 0.0494. The number of aryl methyl sites for hydroxylation is 2. The van der Waals surface area contributed by atoms with Gasteiger partial charge in [-0.3, -0.25) is 0 Å². The van der Waals surface area contributed by atoms with Gasteiger partial charge in [0.05, 0.1) is 5.56 Å². The molecular formula is C29H30F6O2. The largest absolute Gasteiger partial charge is 0.432 e. The van der Waals surface area contributed by atoms with Crippen molar-refractivity contribution in [1.82, 2.24) is 0 Å². The van der Waals surface area contributed by atoms with Crippen molar-refractivity contribution in [3.63, 3.8) is 0 Å². The van der Waals surface area contributed by atoms with Gasteiger partial charge < -0.3 is 9.47 Å². The molecule has 0 atom stereocenters. The standard InChI is InChI=1S/C29H30F6O2/c1-3-5-6-7-9-20-10-14-23(15-11-20)36-28(32,33)22-12-16-24(17-13-22)37-29(34,35)27-25(30)18-21(8-4-2)19-26(27)31/h10-19H,3-9H2,1-2H3. The lowest BCUT2D eigenvalue weighted by atomic mass is 10.1. The fraction of sp³-hybridized carbons (Fsp3) is 0.379. The Morgan fingerprint density at radius 1 is 0.595 bits per heavy atom. The van der Waals surface area contributed by atoms with Crippen molar-refractivity contribution in [1.29, 1.82) is 0 Å². The van der Waals surface area contributed by atoms with Crippen LogP contribution in [0.1, 0.15) is 68.2 Å². The minimum atomic E-state index is -4.36. The predicted octanol–water partition coefficient (Wildman–Crippen LogP) is 9.30. The molecule has 3 aromatic rings. The molecule has 37 heavy (non-hydrogen) atoms. The summed E-state index contributed by atoms with van der Waals surface area (Å²) >= 11 is 0. The summed E-state index contributed by atoms with van der Waals surface area (Å²) in [6.45, 7) is 3.91. The Morgan fingerprint density at radius 3 is 1.68 bits per heavy atom. The fourth-order valence-electron chi connectivity index (χ4n) is 3.94. The van der Waals surface area contributed by atoms with Crippen LogP contribution < -0.4 is 9.47 Å². The summed E-state index contributed by atoms with van der Waals surface area (Å²) in [7, 11) is 0. The molecule has 0 aliphatic carbocycles. The van der Waals surface area contributed by atoms with E-state index in [0.717, 1.165) is 74.1 Å². The van der Waals surface area contributed by atoms with Crippen molar-refractivity contribution in [3.05, 3.63) is 94.6 Å². The first-order valence-corrected chi connectivity index (χ1v) is 12.4. The van der Waals surface area contributed by atoms with Gasteiger partial charge in [0, 0.05) is 0 Å². The number of halogens is 6. The van der Waals surface area contributed by atoms with E-state index in [1.165, 1.54) is 12.1 Å². The van der Waals surface area contributed by atoms with E-state index in [0.29, 0.717) is 12.8 Å². The zero-order valence-corrected chi connectivity index (χ0v) is 20.8. The monoisotopic (exact) mass is 524 g/mol. The molecule has 0 heterocycles. The summed E-state index contributed by atoms with van der Waals surface area (Å²) < 4.78 is 96.3. The average molecular weight is 525 g/mol. The van der Waals surface area contributed by atoms with Crippen LogP contribution in [0.2, 0.25) is 0 Å². The third-order valence-corrected chi connectivity index (χ3v) is 5.86. The van der Waals surface area contributed by atoms with Gasteiger partial charge in [-0.05, 0) is 78.9 Å². The van der Waals surface area contributed by atoms with E-state index in [9.17, 15) is 26.3 Å². The number of hydrogen-bond donors (Lipinski definition) is 0. The summed E-state index contributed by atoms with van der Waals surface area (Å²) in [5.41, 5.74) is -0.890. The molecule has 200 valence electrons. The van der Waals surface area contributed by atoms with E-state index in [4.69, 9.17) is 4.74 Å². The van der Waals surface area contributed by atoms with Gasteiger partial charge in [-0.2, -0.15) is 17.6 Å². The normalized spacial score (nSPS) is 12.0. The van der Waals surface area contributed by atoms with Crippen LogP contribution in [0, 0.1) is 11.6 Å². The highest BCUT2D eigenvalue weighted by molar-refractivity contribution is 5.34. The van der Waals surface area contributed by atoms with E-state index in [1.807, 2.05) is 0 Å². The van der Waals surface area contributed by atoms with E-state index < -0.39 is 40.7 Å². The Kier molecular flexibility index (Phi) is 9.51. The zero-order chi connectivity index (χ0) is 27.1. The van der Waals surface area contributed by atoms with Crippen molar-refractivity contribution < 1.29 is 35.8 Å². The molecule has 2 nitrogen and oxygen atoms in total. The molecule has 8 heteroatoms. The van der Waals surface area contributed by atoms with Crippen LogP contribution in [0.3, 0.4) is 0 Å².